The third-order valence-corrected chi connectivity index (χ3v) is 6.00. The highest BCUT2D eigenvalue weighted by Gasteiger charge is 2.28. The number of aryl methyl sites for hydroxylation is 1. The smallest absolute Gasteiger partial charge is 0.261 e. The summed E-state index contributed by atoms with van der Waals surface area (Å²) >= 11 is 3.54. The minimum Gasteiger partial charge on any atom is -0.483 e. The van der Waals surface area contributed by atoms with E-state index in [2.05, 4.69) is 35.1 Å². The van der Waals surface area contributed by atoms with Crippen molar-refractivity contribution >= 4 is 27.7 Å². The highest BCUT2D eigenvalue weighted by Crippen LogP contribution is 2.29. The number of hydrogen-bond acceptors (Lipinski definition) is 3. The van der Waals surface area contributed by atoms with Crippen molar-refractivity contribution in [1.82, 2.24) is 10.2 Å². The van der Waals surface area contributed by atoms with Gasteiger partial charge in [0.25, 0.3) is 5.91 Å². The van der Waals surface area contributed by atoms with Crippen LogP contribution < -0.4 is 10.1 Å². The van der Waals surface area contributed by atoms with Gasteiger partial charge in [0.05, 0.1) is 4.47 Å². The molecule has 2 rings (SSSR count). The molecule has 2 aromatic carbocycles. The van der Waals surface area contributed by atoms with Gasteiger partial charge in [0.15, 0.2) is 6.61 Å². The number of nitrogens with zero attached hydrogens (tertiary/aromatic N) is 1. The zero-order chi connectivity index (χ0) is 23.7. The van der Waals surface area contributed by atoms with Crippen LogP contribution in [0, 0.1) is 6.92 Å². The second-order valence-corrected chi connectivity index (χ2v) is 9.21. The normalized spacial score (nSPS) is 11.8. The Bertz CT molecular complexity index is 896. The maximum atomic E-state index is 13.3. The molecule has 0 heterocycles. The van der Waals surface area contributed by atoms with Crippen molar-refractivity contribution < 1.29 is 14.3 Å². The topological polar surface area (TPSA) is 58.6 Å². The van der Waals surface area contributed by atoms with E-state index in [4.69, 9.17) is 4.74 Å². The maximum Gasteiger partial charge on any atom is 0.261 e. The number of carbonyl (C=O) groups is 2. The number of benzene rings is 2. The van der Waals surface area contributed by atoms with Crippen molar-refractivity contribution in [2.75, 3.05) is 13.2 Å². The largest absolute Gasteiger partial charge is 0.483 e. The first-order chi connectivity index (χ1) is 15.3. The average Bonchev–Trinajstić information content (AvgIpc) is 2.77. The van der Waals surface area contributed by atoms with E-state index < -0.39 is 6.04 Å². The Hall–Kier alpha value is -2.34. The van der Waals surface area contributed by atoms with Gasteiger partial charge in [-0.3, -0.25) is 9.59 Å². The molecule has 0 unspecified atom stereocenters. The molecule has 6 heteroatoms. The molecule has 32 heavy (non-hydrogen) atoms. The molecule has 0 bridgehead atoms. The van der Waals surface area contributed by atoms with Crippen molar-refractivity contribution in [2.45, 2.75) is 66.0 Å². The summed E-state index contributed by atoms with van der Waals surface area (Å²) in [6.07, 6.45) is 1.37. The molecule has 0 aliphatic heterocycles. The van der Waals surface area contributed by atoms with Crippen LogP contribution in [0.3, 0.4) is 0 Å². The van der Waals surface area contributed by atoms with Gasteiger partial charge in [-0.05, 0) is 64.9 Å². The monoisotopic (exact) mass is 502 g/mol. The first-order valence-corrected chi connectivity index (χ1v) is 12.1. The summed E-state index contributed by atoms with van der Waals surface area (Å²) < 4.78 is 6.67. The number of ether oxygens (including phenoxy) is 1. The molecule has 174 valence electrons. The molecule has 0 spiro atoms. The average molecular weight is 503 g/mol. The molecule has 1 atom stereocenters. The van der Waals surface area contributed by atoms with E-state index in [9.17, 15) is 9.59 Å². The summed E-state index contributed by atoms with van der Waals surface area (Å²) in [4.78, 5) is 27.7. The molecule has 5 nitrogen and oxygen atoms in total. The summed E-state index contributed by atoms with van der Waals surface area (Å²) in [5.41, 5.74) is 3.32. The molecular weight excluding hydrogens is 468 g/mol. The van der Waals surface area contributed by atoms with E-state index in [0.717, 1.165) is 22.0 Å². The van der Waals surface area contributed by atoms with Gasteiger partial charge in [-0.2, -0.15) is 0 Å². The lowest BCUT2D eigenvalue weighted by Gasteiger charge is -2.30. The third-order valence-electron chi connectivity index (χ3n) is 5.38. The Morgan fingerprint density at radius 1 is 1.09 bits per heavy atom. The molecule has 0 fully saturated rings. The van der Waals surface area contributed by atoms with Crippen molar-refractivity contribution in [3.63, 3.8) is 0 Å². The van der Waals surface area contributed by atoms with Crippen LogP contribution in [0.4, 0.5) is 0 Å². The number of rotatable bonds is 11. The summed E-state index contributed by atoms with van der Waals surface area (Å²) in [7, 11) is 0. The number of nitrogens with one attached hydrogen (secondary N) is 1. The molecule has 0 saturated carbocycles. The zero-order valence-electron chi connectivity index (χ0n) is 19.8. The first kappa shape index (κ1) is 25.9. The minimum absolute atomic E-state index is 0.128. The molecule has 0 aliphatic carbocycles. The number of carbonyl (C=O) groups excluding carboxylic acids is 2. The third kappa shape index (κ3) is 7.37. The Morgan fingerprint density at radius 2 is 1.78 bits per heavy atom. The van der Waals surface area contributed by atoms with Crippen LogP contribution in [0.1, 0.15) is 63.1 Å². The van der Waals surface area contributed by atoms with E-state index in [1.807, 2.05) is 63.2 Å². The Labute approximate surface area is 200 Å². The van der Waals surface area contributed by atoms with Crippen molar-refractivity contribution in [3.05, 3.63) is 63.6 Å². The van der Waals surface area contributed by atoms with Gasteiger partial charge in [0, 0.05) is 13.1 Å². The molecule has 0 saturated heterocycles. The van der Waals surface area contributed by atoms with Gasteiger partial charge in [-0.1, -0.05) is 63.6 Å². The fourth-order valence-electron chi connectivity index (χ4n) is 3.39. The first-order valence-electron chi connectivity index (χ1n) is 11.3. The van der Waals surface area contributed by atoms with Crippen molar-refractivity contribution in [1.29, 1.82) is 0 Å². The fourth-order valence-corrected chi connectivity index (χ4v) is 3.90. The molecule has 2 amide bonds. The molecule has 1 N–H and O–H groups in total. The lowest BCUT2D eigenvalue weighted by molar-refractivity contribution is -0.143. The van der Waals surface area contributed by atoms with Crippen molar-refractivity contribution in [2.24, 2.45) is 0 Å². The van der Waals surface area contributed by atoms with Gasteiger partial charge in [0.1, 0.15) is 11.8 Å². The van der Waals surface area contributed by atoms with E-state index in [-0.39, 0.29) is 18.4 Å². The van der Waals surface area contributed by atoms with E-state index in [0.29, 0.717) is 31.2 Å². The van der Waals surface area contributed by atoms with E-state index in [1.54, 1.807) is 4.90 Å². The lowest BCUT2D eigenvalue weighted by atomic mass is 10.0. The SMILES string of the molecule is CCCNC(=O)[C@H](CC)N(Cc1ccc(C)cc1)C(=O)COc1ccc(C(C)C)cc1Br. The van der Waals surface area contributed by atoms with Gasteiger partial charge >= 0.3 is 0 Å². The van der Waals surface area contributed by atoms with Crippen LogP contribution in [0.5, 0.6) is 5.75 Å². The maximum absolute atomic E-state index is 13.3. The number of halogens is 1. The van der Waals surface area contributed by atoms with Gasteiger partial charge < -0.3 is 15.0 Å². The summed E-state index contributed by atoms with van der Waals surface area (Å²) in [6.45, 7) is 11.0. The van der Waals surface area contributed by atoms with Crippen LogP contribution in [-0.2, 0) is 16.1 Å². The molecule has 0 radical (unpaired) electrons. The predicted molar refractivity (Wildman–Crippen MR) is 133 cm³/mol. The summed E-state index contributed by atoms with van der Waals surface area (Å²) in [5.74, 6) is 0.668. The van der Waals surface area contributed by atoms with Crippen LogP contribution in [-0.4, -0.2) is 35.9 Å². The Kier molecular flexibility index (Phi) is 10.2. The zero-order valence-corrected chi connectivity index (χ0v) is 21.4. The molecule has 2 aromatic rings. The minimum atomic E-state index is -0.550. The Balaban J connectivity index is 2.20. The quantitative estimate of drug-likeness (QED) is 0.435. The van der Waals surface area contributed by atoms with Gasteiger partial charge in [-0.25, -0.2) is 0 Å². The summed E-state index contributed by atoms with van der Waals surface area (Å²) in [5, 5.41) is 2.93. The Morgan fingerprint density at radius 3 is 2.34 bits per heavy atom. The second-order valence-electron chi connectivity index (χ2n) is 8.36. The van der Waals surface area contributed by atoms with Crippen molar-refractivity contribution in [3.8, 4) is 5.75 Å². The predicted octanol–water partition coefficient (Wildman–Crippen LogP) is 5.59. The lowest BCUT2D eigenvalue weighted by Crippen LogP contribution is -2.50. The standard InChI is InChI=1S/C26H35BrN2O3/c1-6-14-28-26(31)23(7-2)29(16-20-10-8-19(5)9-11-20)25(30)17-32-24-13-12-21(18(3)4)15-22(24)27/h8-13,15,18,23H,6-7,14,16-17H2,1-5H3,(H,28,31)/t23-/m0/s1. The van der Waals surface area contributed by atoms with Crippen LogP contribution in [0.2, 0.25) is 0 Å². The molecular formula is C26H35BrN2O3. The number of amides is 2. The van der Waals surface area contributed by atoms with Crippen LogP contribution >= 0.6 is 15.9 Å². The van der Waals surface area contributed by atoms with Gasteiger partial charge in [-0.15, -0.1) is 0 Å². The fraction of sp³-hybridized carbons (Fsp3) is 0.462. The van der Waals surface area contributed by atoms with Gasteiger partial charge in [0.2, 0.25) is 5.91 Å². The second kappa shape index (κ2) is 12.6. The van der Waals surface area contributed by atoms with E-state index >= 15 is 0 Å². The molecule has 0 aliphatic rings. The summed E-state index contributed by atoms with van der Waals surface area (Å²) in [6, 6.07) is 13.4. The molecule has 0 aromatic heterocycles. The van der Waals surface area contributed by atoms with Crippen LogP contribution in [0.15, 0.2) is 46.9 Å². The highest BCUT2D eigenvalue weighted by atomic mass is 79.9. The number of hydrogen-bond donors (Lipinski definition) is 1. The van der Waals surface area contributed by atoms with E-state index in [1.165, 1.54) is 5.56 Å². The highest BCUT2D eigenvalue weighted by molar-refractivity contribution is 9.10. The van der Waals surface area contributed by atoms with Crippen LogP contribution in [0.25, 0.3) is 0 Å².